The molecule has 7 heteroatoms. The van der Waals surface area contributed by atoms with Crippen LogP contribution in [-0.2, 0) is 9.59 Å². The van der Waals surface area contributed by atoms with E-state index in [0.29, 0.717) is 18.4 Å². The number of amides is 2. The van der Waals surface area contributed by atoms with Gasteiger partial charge in [0, 0.05) is 37.6 Å². The zero-order valence-corrected chi connectivity index (χ0v) is 16.0. The molecular formula is C18H33N5O2. The van der Waals surface area contributed by atoms with Crippen LogP contribution >= 0.6 is 0 Å². The smallest absolute Gasteiger partial charge is 0.239 e. The molecule has 2 rings (SSSR count). The van der Waals surface area contributed by atoms with Gasteiger partial charge in [-0.15, -0.1) is 0 Å². The molecule has 2 fully saturated rings. The summed E-state index contributed by atoms with van der Waals surface area (Å²) in [5, 5.41) is 9.27. The molecule has 0 aromatic carbocycles. The lowest BCUT2D eigenvalue weighted by atomic mass is 10.1. The molecule has 2 amide bonds. The minimum Gasteiger partial charge on any atom is -0.352 e. The Bertz CT molecular complexity index is 506. The number of aliphatic imine (C=N–C) groups is 1. The fourth-order valence-electron chi connectivity index (χ4n) is 3.52. The van der Waals surface area contributed by atoms with Gasteiger partial charge in [-0.2, -0.15) is 0 Å². The number of likely N-dealkylation sites (tertiary alicyclic amines) is 1. The lowest BCUT2D eigenvalue weighted by Crippen LogP contribution is -2.50. The number of nitrogens with one attached hydrogen (secondary N) is 3. The molecule has 0 radical (unpaired) electrons. The molecule has 0 aromatic heterocycles. The minimum atomic E-state index is -0.248. The van der Waals surface area contributed by atoms with Crippen LogP contribution in [-0.4, -0.2) is 60.9 Å². The van der Waals surface area contributed by atoms with E-state index in [-0.39, 0.29) is 30.0 Å². The molecule has 25 heavy (non-hydrogen) atoms. The van der Waals surface area contributed by atoms with Gasteiger partial charge in [0.2, 0.25) is 11.8 Å². The van der Waals surface area contributed by atoms with Crippen molar-refractivity contribution in [3.63, 3.8) is 0 Å². The van der Waals surface area contributed by atoms with Crippen LogP contribution in [0.1, 0.15) is 52.9 Å². The largest absolute Gasteiger partial charge is 0.352 e. The Morgan fingerprint density at radius 2 is 1.84 bits per heavy atom. The molecule has 0 bridgehead atoms. The molecule has 7 nitrogen and oxygen atoms in total. The van der Waals surface area contributed by atoms with Crippen LogP contribution in [0.4, 0.5) is 0 Å². The number of nitrogens with zero attached hydrogens (tertiary/aromatic N) is 2. The molecule has 1 saturated heterocycles. The summed E-state index contributed by atoms with van der Waals surface area (Å²) in [6.45, 7) is 7.54. The summed E-state index contributed by atoms with van der Waals surface area (Å²) < 4.78 is 0. The summed E-state index contributed by atoms with van der Waals surface area (Å²) in [6.07, 6.45) is 5.35. The highest BCUT2D eigenvalue weighted by Gasteiger charge is 2.32. The SMILES string of the molecule is CN=C(NCC(=O)NC(C)(C)C)NC1CCN(C(=O)C2CCCC2)C1. The van der Waals surface area contributed by atoms with E-state index in [1.807, 2.05) is 25.7 Å². The molecule has 3 N–H and O–H groups in total. The van der Waals surface area contributed by atoms with Gasteiger partial charge in [-0.05, 0) is 40.0 Å². The first-order valence-electron chi connectivity index (χ1n) is 9.35. The van der Waals surface area contributed by atoms with Gasteiger partial charge in [-0.3, -0.25) is 14.6 Å². The monoisotopic (exact) mass is 351 g/mol. The molecule has 0 spiro atoms. The Hall–Kier alpha value is -1.79. The number of hydrogen-bond donors (Lipinski definition) is 3. The lowest BCUT2D eigenvalue weighted by Gasteiger charge is -2.22. The highest BCUT2D eigenvalue weighted by molar-refractivity contribution is 5.87. The maximum absolute atomic E-state index is 12.5. The van der Waals surface area contributed by atoms with Gasteiger partial charge in [0.25, 0.3) is 0 Å². The van der Waals surface area contributed by atoms with Crippen molar-refractivity contribution in [2.24, 2.45) is 10.9 Å². The predicted octanol–water partition coefficient (Wildman–Crippen LogP) is 0.857. The van der Waals surface area contributed by atoms with Crippen molar-refractivity contribution in [3.8, 4) is 0 Å². The molecule has 0 aromatic rings. The van der Waals surface area contributed by atoms with Gasteiger partial charge >= 0.3 is 0 Å². The Labute approximate surface area is 151 Å². The summed E-state index contributed by atoms with van der Waals surface area (Å²) in [7, 11) is 1.69. The topological polar surface area (TPSA) is 85.8 Å². The van der Waals surface area contributed by atoms with E-state index in [2.05, 4.69) is 20.9 Å². The summed E-state index contributed by atoms with van der Waals surface area (Å²) in [4.78, 5) is 30.5. The molecule has 1 heterocycles. The number of rotatable bonds is 4. The number of carbonyl (C=O) groups excluding carboxylic acids is 2. The number of guanidine groups is 1. The highest BCUT2D eigenvalue weighted by atomic mass is 16.2. The Balaban J connectivity index is 1.75. The van der Waals surface area contributed by atoms with Gasteiger partial charge < -0.3 is 20.9 Å². The van der Waals surface area contributed by atoms with Crippen molar-refractivity contribution < 1.29 is 9.59 Å². The van der Waals surface area contributed by atoms with Crippen molar-refractivity contribution in [3.05, 3.63) is 0 Å². The fourth-order valence-corrected chi connectivity index (χ4v) is 3.52. The summed E-state index contributed by atoms with van der Waals surface area (Å²) in [6, 6.07) is 0.183. The number of carbonyl (C=O) groups is 2. The van der Waals surface area contributed by atoms with E-state index in [1.54, 1.807) is 7.05 Å². The molecular weight excluding hydrogens is 318 g/mol. The Kier molecular flexibility index (Phi) is 6.67. The predicted molar refractivity (Wildman–Crippen MR) is 99.3 cm³/mol. The zero-order chi connectivity index (χ0) is 18.4. The van der Waals surface area contributed by atoms with Crippen LogP contribution in [0, 0.1) is 5.92 Å². The van der Waals surface area contributed by atoms with Crippen LogP contribution < -0.4 is 16.0 Å². The van der Waals surface area contributed by atoms with Crippen molar-refractivity contribution in [2.45, 2.75) is 64.5 Å². The maximum Gasteiger partial charge on any atom is 0.239 e. The Morgan fingerprint density at radius 3 is 2.44 bits per heavy atom. The van der Waals surface area contributed by atoms with Crippen molar-refractivity contribution in [1.82, 2.24) is 20.9 Å². The fraction of sp³-hybridized carbons (Fsp3) is 0.833. The van der Waals surface area contributed by atoms with Gasteiger partial charge in [-0.25, -0.2) is 0 Å². The van der Waals surface area contributed by atoms with Crippen molar-refractivity contribution in [2.75, 3.05) is 26.7 Å². The molecule has 1 saturated carbocycles. The first-order valence-corrected chi connectivity index (χ1v) is 9.35. The van der Waals surface area contributed by atoms with Crippen molar-refractivity contribution >= 4 is 17.8 Å². The second-order valence-corrected chi connectivity index (χ2v) is 8.12. The molecule has 1 aliphatic heterocycles. The van der Waals surface area contributed by atoms with Crippen LogP contribution in [0.15, 0.2) is 4.99 Å². The van der Waals surface area contributed by atoms with Gasteiger partial charge in [0.15, 0.2) is 5.96 Å². The first kappa shape index (κ1) is 19.5. The normalized spacial score (nSPS) is 22.2. The highest BCUT2D eigenvalue weighted by Crippen LogP contribution is 2.27. The van der Waals surface area contributed by atoms with Crippen LogP contribution in [0.2, 0.25) is 0 Å². The molecule has 1 aliphatic carbocycles. The summed E-state index contributed by atoms with van der Waals surface area (Å²) in [5.41, 5.74) is -0.248. The van der Waals surface area contributed by atoms with E-state index in [0.717, 1.165) is 25.8 Å². The van der Waals surface area contributed by atoms with E-state index in [9.17, 15) is 9.59 Å². The summed E-state index contributed by atoms with van der Waals surface area (Å²) in [5.74, 6) is 1.08. The second kappa shape index (κ2) is 8.54. The molecule has 1 atom stereocenters. The van der Waals surface area contributed by atoms with Crippen molar-refractivity contribution in [1.29, 1.82) is 0 Å². The quantitative estimate of drug-likeness (QED) is 0.518. The van der Waals surface area contributed by atoms with E-state index >= 15 is 0 Å². The van der Waals surface area contributed by atoms with Crippen LogP contribution in [0.5, 0.6) is 0 Å². The third kappa shape index (κ3) is 6.21. The Morgan fingerprint density at radius 1 is 1.16 bits per heavy atom. The van der Waals surface area contributed by atoms with Crippen LogP contribution in [0.3, 0.4) is 0 Å². The molecule has 142 valence electrons. The molecule has 2 aliphatic rings. The molecule has 1 unspecified atom stereocenters. The zero-order valence-electron chi connectivity index (χ0n) is 16.0. The average Bonchev–Trinajstić information content (AvgIpc) is 3.20. The minimum absolute atomic E-state index is 0.0695. The van der Waals surface area contributed by atoms with E-state index in [4.69, 9.17) is 0 Å². The second-order valence-electron chi connectivity index (χ2n) is 8.12. The third-order valence-electron chi connectivity index (χ3n) is 4.70. The number of hydrogen-bond acceptors (Lipinski definition) is 3. The lowest BCUT2D eigenvalue weighted by molar-refractivity contribution is -0.134. The summed E-state index contributed by atoms with van der Waals surface area (Å²) >= 11 is 0. The van der Waals surface area contributed by atoms with Gasteiger partial charge in [-0.1, -0.05) is 12.8 Å². The van der Waals surface area contributed by atoms with Gasteiger partial charge in [0.1, 0.15) is 0 Å². The third-order valence-corrected chi connectivity index (χ3v) is 4.70. The van der Waals surface area contributed by atoms with E-state index < -0.39 is 0 Å². The van der Waals surface area contributed by atoms with E-state index in [1.165, 1.54) is 12.8 Å². The van der Waals surface area contributed by atoms with Crippen LogP contribution in [0.25, 0.3) is 0 Å². The van der Waals surface area contributed by atoms with Gasteiger partial charge in [0.05, 0.1) is 6.54 Å². The standard InChI is InChI=1S/C18H33N5O2/c1-18(2,3)22-15(24)11-20-17(19-4)21-14-9-10-23(12-14)16(25)13-7-5-6-8-13/h13-14H,5-12H2,1-4H3,(H,22,24)(H2,19,20,21). The maximum atomic E-state index is 12.5. The first-order chi connectivity index (χ1) is 11.8. The average molecular weight is 351 g/mol.